The molecule has 1 N–H and O–H groups in total. The Kier molecular flexibility index (Phi) is 6.85. The van der Waals surface area contributed by atoms with Gasteiger partial charge in [-0.05, 0) is 37.5 Å². The molecule has 0 spiro atoms. The van der Waals surface area contributed by atoms with Crippen molar-refractivity contribution in [2.45, 2.75) is 38.9 Å². The van der Waals surface area contributed by atoms with Crippen LogP contribution in [0.1, 0.15) is 36.1 Å². The highest BCUT2D eigenvalue weighted by Crippen LogP contribution is 2.37. The van der Waals surface area contributed by atoms with E-state index >= 15 is 0 Å². The molecular weight excluding hydrogens is 344 g/mol. The standard InChI is InChI=1S/C18H20N2O.C7H8/c1-14-11-17(19-13-21)16-9-5-6-10-18(16)20(14)12-15-7-3-2-4-8-15;1-7-5-3-2-4-6-7/h2-10,13-14,17H,11-12H2,1H3,(H,19,21);2-6H,1H3. The molecule has 0 aliphatic carbocycles. The van der Waals surface area contributed by atoms with Crippen molar-refractivity contribution in [3.05, 3.63) is 102 Å². The lowest BCUT2D eigenvalue weighted by Gasteiger charge is -2.40. The molecule has 144 valence electrons. The van der Waals surface area contributed by atoms with Gasteiger partial charge < -0.3 is 10.2 Å². The third-order valence-corrected chi connectivity index (χ3v) is 5.14. The molecular formula is C25H28N2O. The first-order valence-corrected chi connectivity index (χ1v) is 9.80. The van der Waals surface area contributed by atoms with Crippen LogP contribution in [-0.4, -0.2) is 12.5 Å². The van der Waals surface area contributed by atoms with Crippen LogP contribution in [0.4, 0.5) is 5.69 Å². The summed E-state index contributed by atoms with van der Waals surface area (Å²) in [6.45, 7) is 5.20. The number of hydrogen-bond donors (Lipinski definition) is 1. The maximum atomic E-state index is 10.8. The molecule has 3 heteroatoms. The van der Waals surface area contributed by atoms with Crippen molar-refractivity contribution in [2.75, 3.05) is 4.90 Å². The van der Waals surface area contributed by atoms with E-state index in [0.29, 0.717) is 6.04 Å². The second kappa shape index (κ2) is 9.75. The fraction of sp³-hybridized carbons (Fsp3) is 0.240. The number of aryl methyl sites for hydroxylation is 1. The van der Waals surface area contributed by atoms with Crippen LogP contribution in [0.25, 0.3) is 0 Å². The zero-order chi connectivity index (χ0) is 19.8. The Labute approximate surface area is 168 Å². The largest absolute Gasteiger partial charge is 0.364 e. The van der Waals surface area contributed by atoms with Gasteiger partial charge in [0.05, 0.1) is 6.04 Å². The number of anilines is 1. The summed E-state index contributed by atoms with van der Waals surface area (Å²) in [6, 6.07) is 29.6. The molecule has 4 rings (SSSR count). The van der Waals surface area contributed by atoms with Crippen molar-refractivity contribution in [3.8, 4) is 0 Å². The molecule has 0 saturated heterocycles. The number of amides is 1. The third kappa shape index (κ3) is 5.01. The van der Waals surface area contributed by atoms with Gasteiger partial charge in [-0.3, -0.25) is 4.79 Å². The Bertz CT molecular complexity index is 864. The molecule has 0 saturated carbocycles. The number of fused-ring (bicyclic) bond motifs is 1. The van der Waals surface area contributed by atoms with Crippen LogP contribution in [0.15, 0.2) is 84.9 Å². The van der Waals surface area contributed by atoms with Gasteiger partial charge >= 0.3 is 0 Å². The van der Waals surface area contributed by atoms with Gasteiger partial charge in [-0.2, -0.15) is 0 Å². The second-order valence-electron chi connectivity index (χ2n) is 7.25. The van der Waals surface area contributed by atoms with Crippen molar-refractivity contribution >= 4 is 12.1 Å². The van der Waals surface area contributed by atoms with Crippen LogP contribution in [0.2, 0.25) is 0 Å². The zero-order valence-electron chi connectivity index (χ0n) is 16.6. The number of para-hydroxylation sites is 1. The normalized spacial score (nSPS) is 17.7. The summed E-state index contributed by atoms with van der Waals surface area (Å²) in [5, 5.41) is 2.95. The molecule has 3 aromatic carbocycles. The number of hydrogen-bond acceptors (Lipinski definition) is 2. The number of nitrogens with zero attached hydrogens (tertiary/aromatic N) is 1. The van der Waals surface area contributed by atoms with E-state index in [9.17, 15) is 4.79 Å². The highest BCUT2D eigenvalue weighted by molar-refractivity contribution is 5.60. The summed E-state index contributed by atoms with van der Waals surface area (Å²) in [4.78, 5) is 13.3. The summed E-state index contributed by atoms with van der Waals surface area (Å²) < 4.78 is 0. The SMILES string of the molecule is CC1CC(NC=O)c2ccccc2N1Cc1ccccc1.Cc1ccccc1. The van der Waals surface area contributed by atoms with Gasteiger partial charge in [-0.15, -0.1) is 0 Å². The van der Waals surface area contributed by atoms with Gasteiger partial charge in [0.2, 0.25) is 6.41 Å². The number of carbonyl (C=O) groups excluding carboxylic acids is 1. The topological polar surface area (TPSA) is 32.3 Å². The molecule has 2 atom stereocenters. The molecule has 0 fully saturated rings. The Balaban J connectivity index is 0.000000271. The van der Waals surface area contributed by atoms with Crippen LogP contribution in [-0.2, 0) is 11.3 Å². The Morgan fingerprint density at radius 1 is 0.929 bits per heavy atom. The molecule has 0 radical (unpaired) electrons. The van der Waals surface area contributed by atoms with Crippen molar-refractivity contribution < 1.29 is 4.79 Å². The average molecular weight is 373 g/mol. The lowest BCUT2D eigenvalue weighted by Crippen LogP contribution is -2.41. The lowest BCUT2D eigenvalue weighted by atomic mass is 9.91. The van der Waals surface area contributed by atoms with Gasteiger partial charge in [0.15, 0.2) is 0 Å². The highest BCUT2D eigenvalue weighted by atomic mass is 16.1. The summed E-state index contributed by atoms with van der Waals surface area (Å²) in [6.07, 6.45) is 1.74. The molecule has 0 aromatic heterocycles. The first-order valence-electron chi connectivity index (χ1n) is 9.80. The molecule has 0 bridgehead atoms. The first-order chi connectivity index (χ1) is 13.7. The van der Waals surface area contributed by atoms with Crippen LogP contribution >= 0.6 is 0 Å². The molecule has 3 aromatic rings. The third-order valence-electron chi connectivity index (χ3n) is 5.14. The fourth-order valence-corrected chi connectivity index (χ4v) is 3.67. The summed E-state index contributed by atoms with van der Waals surface area (Å²) in [7, 11) is 0. The molecule has 28 heavy (non-hydrogen) atoms. The minimum absolute atomic E-state index is 0.112. The predicted molar refractivity (Wildman–Crippen MR) is 116 cm³/mol. The van der Waals surface area contributed by atoms with E-state index in [1.165, 1.54) is 22.4 Å². The van der Waals surface area contributed by atoms with E-state index in [1.807, 2.05) is 30.3 Å². The molecule has 1 aliphatic heterocycles. The van der Waals surface area contributed by atoms with Crippen molar-refractivity contribution in [1.82, 2.24) is 5.32 Å². The molecule has 1 aliphatic rings. The maximum absolute atomic E-state index is 10.8. The van der Waals surface area contributed by atoms with Crippen molar-refractivity contribution in [2.24, 2.45) is 0 Å². The Morgan fingerprint density at radius 2 is 1.54 bits per heavy atom. The lowest BCUT2D eigenvalue weighted by molar-refractivity contribution is -0.110. The van der Waals surface area contributed by atoms with Crippen molar-refractivity contribution in [3.63, 3.8) is 0 Å². The van der Waals surface area contributed by atoms with E-state index in [1.54, 1.807) is 0 Å². The highest BCUT2D eigenvalue weighted by Gasteiger charge is 2.29. The van der Waals surface area contributed by atoms with Crippen LogP contribution in [0.3, 0.4) is 0 Å². The number of carbonyl (C=O) groups is 1. The molecule has 2 unspecified atom stereocenters. The summed E-state index contributed by atoms with van der Waals surface area (Å²) in [5.41, 5.74) is 5.06. The van der Waals surface area contributed by atoms with Gasteiger partial charge in [0, 0.05) is 18.3 Å². The van der Waals surface area contributed by atoms with Gasteiger partial charge in [-0.1, -0.05) is 84.4 Å². The van der Waals surface area contributed by atoms with E-state index < -0.39 is 0 Å². The Hall–Kier alpha value is -3.07. The fourth-order valence-electron chi connectivity index (χ4n) is 3.67. The quantitative estimate of drug-likeness (QED) is 0.633. The van der Waals surface area contributed by atoms with E-state index in [4.69, 9.17) is 0 Å². The number of nitrogens with one attached hydrogen (secondary N) is 1. The van der Waals surface area contributed by atoms with E-state index in [-0.39, 0.29) is 6.04 Å². The molecule has 3 nitrogen and oxygen atoms in total. The number of rotatable bonds is 4. The van der Waals surface area contributed by atoms with E-state index in [0.717, 1.165) is 19.4 Å². The molecule has 1 amide bonds. The Morgan fingerprint density at radius 3 is 2.14 bits per heavy atom. The number of benzene rings is 3. The summed E-state index contributed by atoms with van der Waals surface area (Å²) in [5.74, 6) is 0. The van der Waals surface area contributed by atoms with Crippen LogP contribution in [0, 0.1) is 6.92 Å². The minimum atomic E-state index is 0.112. The average Bonchev–Trinajstić information content (AvgIpc) is 2.73. The van der Waals surface area contributed by atoms with Gasteiger partial charge in [0.25, 0.3) is 0 Å². The van der Waals surface area contributed by atoms with Crippen molar-refractivity contribution in [1.29, 1.82) is 0 Å². The smallest absolute Gasteiger partial charge is 0.207 e. The van der Waals surface area contributed by atoms with Gasteiger partial charge in [0.1, 0.15) is 0 Å². The predicted octanol–water partition coefficient (Wildman–Crippen LogP) is 5.27. The maximum Gasteiger partial charge on any atom is 0.207 e. The second-order valence-corrected chi connectivity index (χ2v) is 7.25. The monoisotopic (exact) mass is 372 g/mol. The van der Waals surface area contributed by atoms with Crippen LogP contribution < -0.4 is 10.2 Å². The van der Waals surface area contributed by atoms with Gasteiger partial charge in [-0.25, -0.2) is 0 Å². The minimum Gasteiger partial charge on any atom is -0.364 e. The zero-order valence-corrected chi connectivity index (χ0v) is 16.6. The summed E-state index contributed by atoms with van der Waals surface area (Å²) >= 11 is 0. The van der Waals surface area contributed by atoms with E-state index in [2.05, 4.69) is 78.7 Å². The molecule has 1 heterocycles. The first kappa shape index (κ1) is 19.7. The van der Waals surface area contributed by atoms with Crippen LogP contribution in [0.5, 0.6) is 0 Å².